The number of halogens is 1. The number of carbonyl (C=O) groups excluding carboxylic acids is 1. The lowest BCUT2D eigenvalue weighted by Gasteiger charge is -2.35. The molecule has 1 aliphatic rings. The second kappa shape index (κ2) is 10.3. The summed E-state index contributed by atoms with van der Waals surface area (Å²) >= 11 is 0. The molecule has 0 saturated carbocycles. The summed E-state index contributed by atoms with van der Waals surface area (Å²) in [5, 5.41) is 0.726. The molecule has 5 rings (SSSR count). The lowest BCUT2D eigenvalue weighted by molar-refractivity contribution is 0.0627. The normalized spacial score (nSPS) is 14.6. The average molecular weight is 514 g/mol. The minimum absolute atomic E-state index is 0.0840. The number of aromatic nitrogens is 1. The molecule has 1 aliphatic heterocycles. The topological polar surface area (TPSA) is 82.6 Å². The first-order chi connectivity index (χ1) is 17.8. The van der Waals surface area contributed by atoms with Crippen molar-refractivity contribution in [1.82, 2.24) is 14.8 Å². The van der Waals surface area contributed by atoms with Crippen molar-refractivity contribution in [3.63, 3.8) is 0 Å². The minimum atomic E-state index is -3.88. The Hall–Kier alpha value is -3.76. The summed E-state index contributed by atoms with van der Waals surface area (Å²) in [4.78, 5) is 21.1. The molecule has 1 fully saturated rings. The van der Waals surface area contributed by atoms with Crippen molar-refractivity contribution < 1.29 is 17.6 Å². The number of sulfonamides is 1. The van der Waals surface area contributed by atoms with Crippen LogP contribution in [0.15, 0.2) is 83.9 Å². The summed E-state index contributed by atoms with van der Waals surface area (Å²) in [7, 11) is 2.04. The second-order valence-corrected chi connectivity index (χ2v) is 10.5. The monoisotopic (exact) mass is 514 g/mol. The molecule has 4 aromatic rings. The van der Waals surface area contributed by atoms with E-state index in [0.717, 1.165) is 5.39 Å². The van der Waals surface area contributed by atoms with Crippen molar-refractivity contribution in [2.75, 3.05) is 30.9 Å². The van der Waals surface area contributed by atoms with Gasteiger partial charge in [0.1, 0.15) is 18.6 Å². The molecule has 7 nitrogen and oxygen atoms in total. The molecule has 1 aromatic heterocycles. The van der Waals surface area contributed by atoms with Crippen molar-refractivity contribution >= 4 is 45.8 Å². The predicted octanol–water partition coefficient (Wildman–Crippen LogP) is 2.93. The number of amides is 1. The number of carbonyl (C=O) groups is 1. The van der Waals surface area contributed by atoms with Crippen molar-refractivity contribution in [2.45, 2.75) is 11.4 Å². The number of para-hydroxylation sites is 1. The van der Waals surface area contributed by atoms with Crippen molar-refractivity contribution in [2.24, 2.45) is 0 Å². The molecule has 1 amide bonds. The Kier molecular flexibility index (Phi) is 6.95. The van der Waals surface area contributed by atoms with E-state index in [1.807, 2.05) is 0 Å². The number of nitrogens with one attached hydrogen (secondary N) is 1. The molecule has 2 heterocycles. The van der Waals surface area contributed by atoms with Crippen LogP contribution in [0.3, 0.4) is 0 Å². The van der Waals surface area contributed by atoms with E-state index in [9.17, 15) is 17.6 Å². The van der Waals surface area contributed by atoms with E-state index in [4.69, 9.17) is 7.85 Å². The first-order valence-corrected chi connectivity index (χ1v) is 13.3. The van der Waals surface area contributed by atoms with Gasteiger partial charge in [-0.2, -0.15) is 0 Å². The Labute approximate surface area is 216 Å². The third-order valence-corrected chi connectivity index (χ3v) is 7.88. The number of piperazine rings is 1. The van der Waals surface area contributed by atoms with Gasteiger partial charge in [-0.25, -0.2) is 12.8 Å². The van der Waals surface area contributed by atoms with Crippen LogP contribution in [0.25, 0.3) is 10.9 Å². The van der Waals surface area contributed by atoms with Gasteiger partial charge in [-0.1, -0.05) is 35.8 Å². The van der Waals surface area contributed by atoms with Gasteiger partial charge < -0.3 is 4.90 Å². The zero-order valence-corrected chi connectivity index (χ0v) is 20.8. The molecule has 10 heteroatoms. The maximum Gasteiger partial charge on any atom is 0.264 e. The molecule has 2 radical (unpaired) electrons. The highest BCUT2D eigenvalue weighted by atomic mass is 32.2. The van der Waals surface area contributed by atoms with Crippen LogP contribution in [0.4, 0.5) is 10.1 Å². The number of benzene rings is 3. The van der Waals surface area contributed by atoms with Crippen LogP contribution in [-0.2, 0) is 16.6 Å². The fraction of sp³-hybridized carbons (Fsp3) is 0.185. The van der Waals surface area contributed by atoms with Gasteiger partial charge in [-0.3, -0.25) is 19.4 Å². The van der Waals surface area contributed by atoms with E-state index in [1.54, 1.807) is 71.8 Å². The van der Waals surface area contributed by atoms with Gasteiger partial charge in [0.25, 0.3) is 15.9 Å². The van der Waals surface area contributed by atoms with Crippen LogP contribution < -0.4 is 10.2 Å². The van der Waals surface area contributed by atoms with Gasteiger partial charge in [-0.05, 0) is 48.0 Å². The van der Waals surface area contributed by atoms with Gasteiger partial charge in [0, 0.05) is 55.6 Å². The third kappa shape index (κ3) is 5.35. The molecule has 0 spiro atoms. The molecule has 186 valence electrons. The second-order valence-electron chi connectivity index (χ2n) is 8.89. The molecule has 1 saturated heterocycles. The first-order valence-electron chi connectivity index (χ1n) is 11.8. The van der Waals surface area contributed by atoms with Crippen LogP contribution in [-0.4, -0.2) is 63.1 Å². The van der Waals surface area contributed by atoms with Crippen LogP contribution in [0, 0.1) is 5.82 Å². The summed E-state index contributed by atoms with van der Waals surface area (Å²) in [6, 6.07) is 19.6. The first kappa shape index (κ1) is 24.9. The number of hydrogen-bond acceptors (Lipinski definition) is 5. The SMILES string of the molecule is [B]c1cccc(F)c1CN1CCN(C(=O)c2ccc(NS(=O)(=O)c3cccc4cccnc34)cc2)CC1. The lowest BCUT2D eigenvalue weighted by Crippen LogP contribution is -2.48. The van der Waals surface area contributed by atoms with Crippen molar-refractivity contribution in [3.8, 4) is 0 Å². The quantitative estimate of drug-likeness (QED) is 0.401. The van der Waals surface area contributed by atoms with E-state index in [-0.39, 0.29) is 16.6 Å². The highest BCUT2D eigenvalue weighted by molar-refractivity contribution is 7.93. The zero-order chi connectivity index (χ0) is 26.0. The van der Waals surface area contributed by atoms with E-state index < -0.39 is 10.0 Å². The lowest BCUT2D eigenvalue weighted by atomic mass is 9.90. The number of anilines is 1. The van der Waals surface area contributed by atoms with Crippen molar-refractivity contribution in [3.05, 3.63) is 95.9 Å². The average Bonchev–Trinajstić information content (AvgIpc) is 2.91. The Balaban J connectivity index is 1.22. The Bertz CT molecular complexity index is 1530. The predicted molar refractivity (Wildman–Crippen MR) is 142 cm³/mol. The molecular formula is C27H24BFN4O3S. The minimum Gasteiger partial charge on any atom is -0.336 e. The Morgan fingerprint density at radius 1 is 0.946 bits per heavy atom. The van der Waals surface area contributed by atoms with E-state index in [2.05, 4.69) is 14.6 Å². The summed E-state index contributed by atoms with van der Waals surface area (Å²) in [6.07, 6.45) is 1.55. The highest BCUT2D eigenvalue weighted by Crippen LogP contribution is 2.24. The smallest absolute Gasteiger partial charge is 0.264 e. The molecule has 3 aromatic carbocycles. The van der Waals surface area contributed by atoms with Crippen LogP contribution in [0.5, 0.6) is 0 Å². The summed E-state index contributed by atoms with van der Waals surface area (Å²) < 4.78 is 42.7. The molecular weight excluding hydrogens is 490 g/mol. The Morgan fingerprint density at radius 3 is 2.38 bits per heavy atom. The number of fused-ring (bicyclic) bond motifs is 1. The molecule has 1 N–H and O–H groups in total. The van der Waals surface area contributed by atoms with Crippen molar-refractivity contribution in [1.29, 1.82) is 0 Å². The number of pyridine rings is 1. The number of nitrogens with zero attached hydrogens (tertiary/aromatic N) is 3. The fourth-order valence-electron chi connectivity index (χ4n) is 4.44. The van der Waals surface area contributed by atoms with E-state index in [1.165, 1.54) is 12.1 Å². The molecule has 0 bridgehead atoms. The number of rotatable bonds is 6. The van der Waals surface area contributed by atoms with Crippen LogP contribution in [0.1, 0.15) is 15.9 Å². The van der Waals surface area contributed by atoms with Crippen LogP contribution in [0.2, 0.25) is 0 Å². The molecule has 0 unspecified atom stereocenters. The highest BCUT2D eigenvalue weighted by Gasteiger charge is 2.24. The summed E-state index contributed by atoms with van der Waals surface area (Å²) in [6.45, 7) is 2.57. The largest absolute Gasteiger partial charge is 0.336 e. The van der Waals surface area contributed by atoms with Gasteiger partial charge in [0.05, 0.1) is 5.52 Å². The summed E-state index contributed by atoms with van der Waals surface area (Å²) in [5.74, 6) is -0.469. The van der Waals surface area contributed by atoms with E-state index >= 15 is 0 Å². The number of hydrogen-bond donors (Lipinski definition) is 1. The van der Waals surface area contributed by atoms with Crippen LogP contribution >= 0.6 is 0 Å². The van der Waals surface area contributed by atoms with Gasteiger partial charge in [0.2, 0.25) is 0 Å². The maximum absolute atomic E-state index is 14.1. The third-order valence-electron chi connectivity index (χ3n) is 6.47. The molecule has 0 aliphatic carbocycles. The fourth-order valence-corrected chi connectivity index (χ4v) is 5.68. The molecule has 0 atom stereocenters. The zero-order valence-electron chi connectivity index (χ0n) is 20.0. The van der Waals surface area contributed by atoms with E-state index in [0.29, 0.717) is 60.5 Å². The Morgan fingerprint density at radius 2 is 1.65 bits per heavy atom. The summed E-state index contributed by atoms with van der Waals surface area (Å²) in [5.41, 5.74) is 2.09. The van der Waals surface area contributed by atoms with Gasteiger partial charge in [-0.15, -0.1) is 0 Å². The van der Waals surface area contributed by atoms with Gasteiger partial charge >= 0.3 is 0 Å². The standard InChI is InChI=1S/C27H24BFN4O3S/c28-23-6-2-7-24(29)22(23)18-32-14-16-33(17-15-32)27(34)20-9-11-21(12-10-20)31-37(35,36)25-8-1-4-19-5-3-13-30-26(19)25/h1-13,31H,14-18H2. The maximum atomic E-state index is 14.1. The van der Waals surface area contributed by atoms with Gasteiger partial charge in [0.15, 0.2) is 0 Å². The molecule has 37 heavy (non-hydrogen) atoms.